The van der Waals surface area contributed by atoms with Gasteiger partial charge in [0.25, 0.3) is 5.89 Å². The van der Waals surface area contributed by atoms with Crippen molar-refractivity contribution < 1.29 is 9.32 Å². The maximum Gasteiger partial charge on any atom is 0.317 e. The van der Waals surface area contributed by atoms with Gasteiger partial charge in [-0.15, -0.1) is 0 Å². The van der Waals surface area contributed by atoms with Crippen molar-refractivity contribution in [2.45, 2.75) is 32.7 Å². The smallest absolute Gasteiger partial charge is 0.317 e. The number of amides is 2. The highest BCUT2D eigenvalue weighted by Gasteiger charge is 2.25. The van der Waals surface area contributed by atoms with Gasteiger partial charge in [-0.25, -0.2) is 4.79 Å². The van der Waals surface area contributed by atoms with Crippen molar-refractivity contribution in [1.29, 1.82) is 0 Å². The van der Waals surface area contributed by atoms with Crippen molar-refractivity contribution in [2.75, 3.05) is 13.1 Å². The summed E-state index contributed by atoms with van der Waals surface area (Å²) in [6.45, 7) is 4.08. The molecule has 3 aromatic rings. The Balaban J connectivity index is 1.30. The Labute approximate surface area is 170 Å². The minimum atomic E-state index is -0.0144. The van der Waals surface area contributed by atoms with E-state index in [9.17, 15) is 4.79 Å². The Kier molecular flexibility index (Phi) is 5.84. The number of carbonyl (C=O) groups excluding carboxylic acids is 1. The number of nitrogens with one attached hydrogen (secondary N) is 1. The fourth-order valence-corrected chi connectivity index (χ4v) is 3.61. The Hall–Kier alpha value is -3.22. The molecule has 0 aliphatic carbocycles. The number of aryl methyl sites for hydroxylation is 1. The van der Waals surface area contributed by atoms with Crippen LogP contribution in [0.15, 0.2) is 53.3 Å². The molecule has 2 amide bonds. The molecule has 1 fully saturated rings. The molecule has 29 heavy (non-hydrogen) atoms. The molecule has 0 spiro atoms. The molecule has 0 radical (unpaired) electrons. The Morgan fingerprint density at radius 1 is 1.28 bits per heavy atom. The van der Waals surface area contributed by atoms with Crippen LogP contribution in [-0.4, -0.2) is 39.1 Å². The molecule has 1 saturated heterocycles. The second-order valence-corrected chi connectivity index (χ2v) is 7.56. The van der Waals surface area contributed by atoms with Gasteiger partial charge in [-0.3, -0.25) is 4.98 Å². The predicted octanol–water partition coefficient (Wildman–Crippen LogP) is 3.60. The average Bonchev–Trinajstić information content (AvgIpc) is 3.22. The monoisotopic (exact) mass is 391 g/mol. The van der Waals surface area contributed by atoms with E-state index in [-0.39, 0.29) is 6.03 Å². The summed E-state index contributed by atoms with van der Waals surface area (Å²) in [6.07, 6.45) is 6.15. The van der Waals surface area contributed by atoms with E-state index in [4.69, 9.17) is 4.52 Å². The summed E-state index contributed by atoms with van der Waals surface area (Å²) in [5.74, 6) is 1.49. The number of nitrogens with zero attached hydrogens (tertiary/aromatic N) is 4. The number of piperidine rings is 1. The zero-order valence-corrected chi connectivity index (χ0v) is 16.5. The summed E-state index contributed by atoms with van der Waals surface area (Å²) < 4.78 is 5.37. The number of benzene rings is 1. The number of likely N-dealkylation sites (tertiary alicyclic amines) is 1. The van der Waals surface area contributed by atoms with Crippen molar-refractivity contribution in [3.05, 3.63) is 65.7 Å². The molecule has 7 nitrogen and oxygen atoms in total. The topological polar surface area (TPSA) is 84.2 Å². The first-order chi connectivity index (χ1) is 14.2. The number of carbonyl (C=O) groups is 1. The molecule has 1 aromatic carbocycles. The van der Waals surface area contributed by atoms with Gasteiger partial charge in [-0.05, 0) is 43.4 Å². The molecular formula is C22H25N5O2. The molecule has 4 rings (SSSR count). The lowest BCUT2D eigenvalue weighted by molar-refractivity contribution is 0.164. The van der Waals surface area contributed by atoms with Crippen molar-refractivity contribution in [3.63, 3.8) is 0 Å². The molecule has 0 bridgehead atoms. The Morgan fingerprint density at radius 3 is 2.93 bits per heavy atom. The molecule has 7 heteroatoms. The van der Waals surface area contributed by atoms with Gasteiger partial charge < -0.3 is 14.7 Å². The minimum Gasteiger partial charge on any atom is -0.334 e. The molecule has 2 aromatic heterocycles. The molecule has 1 N–H and O–H groups in total. The summed E-state index contributed by atoms with van der Waals surface area (Å²) in [6, 6.07) is 11.9. The predicted molar refractivity (Wildman–Crippen MR) is 109 cm³/mol. The third kappa shape index (κ3) is 4.99. The summed E-state index contributed by atoms with van der Waals surface area (Å²) >= 11 is 0. The summed E-state index contributed by atoms with van der Waals surface area (Å²) in [5, 5.41) is 7.14. The van der Waals surface area contributed by atoms with Gasteiger partial charge in [0.05, 0.1) is 5.56 Å². The quantitative estimate of drug-likeness (QED) is 0.718. The molecule has 0 saturated carbocycles. The van der Waals surface area contributed by atoms with Crippen LogP contribution in [0.2, 0.25) is 0 Å². The second kappa shape index (κ2) is 8.86. The number of urea groups is 1. The van der Waals surface area contributed by atoms with Gasteiger partial charge in [0.2, 0.25) is 0 Å². The third-order valence-electron chi connectivity index (χ3n) is 5.22. The van der Waals surface area contributed by atoms with Gasteiger partial charge in [0, 0.05) is 38.4 Å². The standard InChI is InChI=1S/C22H25N5O2/c1-16-6-8-17(9-7-16)13-24-22(28)27-11-3-4-18(15-27)12-20-25-21(29-26-20)19-5-2-10-23-14-19/h2,5-10,14,18H,3-4,11-13,15H2,1H3,(H,24,28). The zero-order chi connectivity index (χ0) is 20.1. The number of pyridine rings is 1. The van der Waals surface area contributed by atoms with Crippen LogP contribution in [0.3, 0.4) is 0 Å². The van der Waals surface area contributed by atoms with Gasteiger partial charge in [0.15, 0.2) is 5.82 Å². The summed E-state index contributed by atoms with van der Waals surface area (Å²) in [7, 11) is 0. The first-order valence-electron chi connectivity index (χ1n) is 9.98. The van der Waals surface area contributed by atoms with E-state index in [0.717, 1.165) is 30.5 Å². The first-order valence-corrected chi connectivity index (χ1v) is 9.98. The van der Waals surface area contributed by atoms with E-state index in [2.05, 4.69) is 39.5 Å². The molecule has 3 heterocycles. The number of hydrogen-bond acceptors (Lipinski definition) is 5. The lowest BCUT2D eigenvalue weighted by atomic mass is 9.95. The second-order valence-electron chi connectivity index (χ2n) is 7.56. The SMILES string of the molecule is Cc1ccc(CNC(=O)N2CCCC(Cc3noc(-c4cccnc4)n3)C2)cc1. The van der Waals surface area contributed by atoms with Crippen molar-refractivity contribution in [2.24, 2.45) is 5.92 Å². The van der Waals surface area contributed by atoms with Crippen LogP contribution in [0, 0.1) is 12.8 Å². The number of aromatic nitrogens is 3. The maximum absolute atomic E-state index is 12.6. The Morgan fingerprint density at radius 2 is 2.14 bits per heavy atom. The lowest BCUT2D eigenvalue weighted by Crippen LogP contribution is -2.45. The van der Waals surface area contributed by atoms with Crippen molar-refractivity contribution >= 4 is 6.03 Å². The van der Waals surface area contributed by atoms with E-state index < -0.39 is 0 Å². The normalized spacial score (nSPS) is 16.6. The Bertz CT molecular complexity index is 939. The molecule has 1 aliphatic heterocycles. The van der Waals surface area contributed by atoms with Crippen molar-refractivity contribution in [3.8, 4) is 11.5 Å². The molecule has 150 valence electrons. The first kappa shape index (κ1) is 19.1. The van der Waals surface area contributed by atoms with Gasteiger partial charge in [-0.1, -0.05) is 35.0 Å². The molecule has 1 unspecified atom stereocenters. The van der Waals surface area contributed by atoms with Crippen molar-refractivity contribution in [1.82, 2.24) is 25.3 Å². The molecular weight excluding hydrogens is 366 g/mol. The van der Waals surface area contributed by atoms with Gasteiger partial charge >= 0.3 is 6.03 Å². The largest absolute Gasteiger partial charge is 0.334 e. The van der Waals surface area contributed by atoms with Crippen LogP contribution in [0.5, 0.6) is 0 Å². The van der Waals surface area contributed by atoms with Crippen LogP contribution in [0.4, 0.5) is 4.79 Å². The fourth-order valence-electron chi connectivity index (χ4n) is 3.61. The minimum absolute atomic E-state index is 0.0144. The lowest BCUT2D eigenvalue weighted by Gasteiger charge is -2.32. The van der Waals surface area contributed by atoms with Crippen LogP contribution >= 0.6 is 0 Å². The molecule has 1 aliphatic rings. The highest BCUT2D eigenvalue weighted by Crippen LogP contribution is 2.22. The van der Waals surface area contributed by atoms with E-state index in [0.29, 0.717) is 37.1 Å². The fraction of sp³-hybridized carbons (Fsp3) is 0.364. The van der Waals surface area contributed by atoms with E-state index >= 15 is 0 Å². The maximum atomic E-state index is 12.6. The van der Waals surface area contributed by atoms with Gasteiger partial charge in [-0.2, -0.15) is 4.98 Å². The van der Waals surface area contributed by atoms with E-state index in [1.807, 2.05) is 29.2 Å². The number of hydrogen-bond donors (Lipinski definition) is 1. The van der Waals surface area contributed by atoms with Crippen LogP contribution in [0.25, 0.3) is 11.5 Å². The summed E-state index contributed by atoms with van der Waals surface area (Å²) in [5.41, 5.74) is 3.13. The van der Waals surface area contributed by atoms with E-state index in [1.165, 1.54) is 5.56 Å². The van der Waals surface area contributed by atoms with Crippen LogP contribution in [-0.2, 0) is 13.0 Å². The zero-order valence-electron chi connectivity index (χ0n) is 16.5. The highest BCUT2D eigenvalue weighted by molar-refractivity contribution is 5.74. The third-order valence-corrected chi connectivity index (χ3v) is 5.22. The van der Waals surface area contributed by atoms with Crippen LogP contribution < -0.4 is 5.32 Å². The average molecular weight is 391 g/mol. The van der Waals surface area contributed by atoms with Crippen LogP contribution in [0.1, 0.15) is 29.8 Å². The van der Waals surface area contributed by atoms with Gasteiger partial charge in [0.1, 0.15) is 0 Å². The van der Waals surface area contributed by atoms with E-state index in [1.54, 1.807) is 12.4 Å². The molecule has 1 atom stereocenters. The summed E-state index contributed by atoms with van der Waals surface area (Å²) in [4.78, 5) is 23.0. The highest BCUT2D eigenvalue weighted by atomic mass is 16.5. The number of rotatable bonds is 5.